The SMILES string of the molecule is COc1ccc(N(CC2CC2)C(=O)N2CCN(c3ccccc3C(F)(F)F)CC2)cc1. The lowest BCUT2D eigenvalue weighted by Crippen LogP contribution is -2.53. The molecule has 0 aromatic heterocycles. The van der Waals surface area contributed by atoms with E-state index in [9.17, 15) is 18.0 Å². The third-order valence-corrected chi connectivity index (χ3v) is 5.85. The number of carbonyl (C=O) groups is 1. The van der Waals surface area contributed by atoms with Crippen molar-refractivity contribution in [2.45, 2.75) is 19.0 Å². The molecule has 4 rings (SSSR count). The summed E-state index contributed by atoms with van der Waals surface area (Å²) >= 11 is 0. The lowest BCUT2D eigenvalue weighted by atomic mass is 10.1. The molecule has 1 aliphatic heterocycles. The number of alkyl halides is 3. The zero-order valence-electron chi connectivity index (χ0n) is 17.4. The van der Waals surface area contributed by atoms with E-state index in [2.05, 4.69) is 0 Å². The smallest absolute Gasteiger partial charge is 0.418 e. The monoisotopic (exact) mass is 433 g/mol. The first kappa shape index (κ1) is 21.3. The highest BCUT2D eigenvalue weighted by molar-refractivity contribution is 5.92. The number of piperazine rings is 1. The molecule has 1 saturated heterocycles. The van der Waals surface area contributed by atoms with E-state index >= 15 is 0 Å². The predicted octanol–water partition coefficient (Wildman–Crippen LogP) is 4.87. The van der Waals surface area contributed by atoms with Crippen molar-refractivity contribution in [1.29, 1.82) is 0 Å². The number of ether oxygens (including phenoxy) is 1. The third-order valence-electron chi connectivity index (χ3n) is 5.85. The molecule has 166 valence electrons. The van der Waals surface area contributed by atoms with Gasteiger partial charge in [-0.3, -0.25) is 4.90 Å². The summed E-state index contributed by atoms with van der Waals surface area (Å²) < 4.78 is 45.3. The zero-order chi connectivity index (χ0) is 22.0. The molecule has 0 bridgehead atoms. The number of nitrogens with zero attached hydrogens (tertiary/aromatic N) is 3. The maximum atomic E-state index is 13.4. The van der Waals surface area contributed by atoms with Gasteiger partial charge in [-0.25, -0.2) is 4.79 Å². The number of anilines is 2. The van der Waals surface area contributed by atoms with Gasteiger partial charge in [-0.15, -0.1) is 0 Å². The van der Waals surface area contributed by atoms with Crippen molar-refractivity contribution in [2.75, 3.05) is 49.6 Å². The molecular formula is C23H26F3N3O2. The van der Waals surface area contributed by atoms with Gasteiger partial charge in [-0.05, 0) is 55.2 Å². The lowest BCUT2D eigenvalue weighted by Gasteiger charge is -2.39. The van der Waals surface area contributed by atoms with Gasteiger partial charge in [0.2, 0.25) is 0 Å². The summed E-state index contributed by atoms with van der Waals surface area (Å²) in [6.07, 6.45) is -2.18. The Morgan fingerprint density at radius 1 is 1.03 bits per heavy atom. The number of halogens is 3. The van der Waals surface area contributed by atoms with Crippen LogP contribution in [0.4, 0.5) is 29.3 Å². The molecule has 8 heteroatoms. The van der Waals surface area contributed by atoms with Crippen molar-refractivity contribution in [1.82, 2.24) is 4.90 Å². The minimum Gasteiger partial charge on any atom is -0.497 e. The summed E-state index contributed by atoms with van der Waals surface area (Å²) in [6.45, 7) is 2.13. The van der Waals surface area contributed by atoms with Gasteiger partial charge in [0, 0.05) is 44.1 Å². The van der Waals surface area contributed by atoms with Crippen molar-refractivity contribution in [3.8, 4) is 5.75 Å². The number of para-hydroxylation sites is 1. The molecule has 0 N–H and O–H groups in total. The van der Waals surface area contributed by atoms with Gasteiger partial charge >= 0.3 is 12.2 Å². The second kappa shape index (κ2) is 8.69. The van der Waals surface area contributed by atoms with Crippen molar-refractivity contribution < 1.29 is 22.7 Å². The molecule has 0 atom stereocenters. The molecule has 2 amide bonds. The number of benzene rings is 2. The number of rotatable bonds is 5. The Balaban J connectivity index is 1.46. The predicted molar refractivity (Wildman–Crippen MR) is 114 cm³/mol. The first-order chi connectivity index (χ1) is 14.9. The second-order valence-electron chi connectivity index (χ2n) is 8.02. The molecule has 31 heavy (non-hydrogen) atoms. The van der Waals surface area contributed by atoms with E-state index in [1.165, 1.54) is 12.1 Å². The minimum atomic E-state index is -4.40. The highest BCUT2D eigenvalue weighted by Gasteiger charge is 2.36. The molecule has 1 heterocycles. The minimum absolute atomic E-state index is 0.0965. The molecule has 2 aromatic rings. The van der Waals surface area contributed by atoms with Gasteiger partial charge < -0.3 is 14.5 Å². The fraction of sp³-hybridized carbons (Fsp3) is 0.435. The van der Waals surface area contributed by atoms with Crippen molar-refractivity contribution in [3.63, 3.8) is 0 Å². The number of amides is 2. The summed E-state index contributed by atoms with van der Waals surface area (Å²) in [5.41, 5.74) is 0.345. The van der Waals surface area contributed by atoms with E-state index in [4.69, 9.17) is 4.74 Å². The van der Waals surface area contributed by atoms with Crippen LogP contribution in [0.25, 0.3) is 0 Å². The number of methoxy groups -OCH3 is 1. The quantitative estimate of drug-likeness (QED) is 0.675. The first-order valence-corrected chi connectivity index (χ1v) is 10.5. The van der Waals surface area contributed by atoms with Gasteiger partial charge in [0.15, 0.2) is 0 Å². The van der Waals surface area contributed by atoms with Gasteiger partial charge in [0.05, 0.1) is 12.7 Å². The van der Waals surface area contributed by atoms with Gasteiger partial charge in [0.1, 0.15) is 5.75 Å². The molecule has 5 nitrogen and oxygen atoms in total. The molecule has 2 aromatic carbocycles. The number of hydrogen-bond acceptors (Lipinski definition) is 3. The van der Waals surface area contributed by atoms with E-state index in [-0.39, 0.29) is 11.7 Å². The van der Waals surface area contributed by atoms with Gasteiger partial charge in [-0.2, -0.15) is 13.2 Å². The van der Waals surface area contributed by atoms with Crippen LogP contribution in [0.2, 0.25) is 0 Å². The summed E-state index contributed by atoms with van der Waals surface area (Å²) in [4.78, 5) is 18.5. The van der Waals surface area contributed by atoms with Crippen LogP contribution >= 0.6 is 0 Å². The summed E-state index contributed by atoms with van der Waals surface area (Å²) in [7, 11) is 1.60. The topological polar surface area (TPSA) is 36.0 Å². The summed E-state index contributed by atoms with van der Waals surface area (Å²) in [6, 6.07) is 12.9. The molecule has 0 unspecified atom stereocenters. The average molecular weight is 433 g/mol. The van der Waals surface area contributed by atoms with Crippen molar-refractivity contribution in [3.05, 3.63) is 54.1 Å². The number of urea groups is 1. The third kappa shape index (κ3) is 4.89. The molecule has 2 fully saturated rings. The van der Waals surface area contributed by atoms with E-state index < -0.39 is 11.7 Å². The standard InChI is InChI=1S/C23H26F3N3O2/c1-31-19-10-8-18(9-11-19)29(16-17-6-7-17)22(30)28-14-12-27(13-15-28)21-5-3-2-4-20(21)23(24,25)26/h2-5,8-11,17H,6-7,12-16H2,1H3. The number of hydrogen-bond donors (Lipinski definition) is 0. The van der Waals surface area contributed by atoms with Crippen LogP contribution < -0.4 is 14.5 Å². The average Bonchev–Trinajstić information content (AvgIpc) is 3.61. The van der Waals surface area contributed by atoms with Crippen LogP contribution in [0, 0.1) is 5.92 Å². The molecular weight excluding hydrogens is 407 g/mol. The van der Waals surface area contributed by atoms with E-state index in [0.717, 1.165) is 30.3 Å². The maximum Gasteiger partial charge on any atom is 0.418 e. The van der Waals surface area contributed by atoms with Gasteiger partial charge in [-0.1, -0.05) is 12.1 Å². The molecule has 2 aliphatic rings. The zero-order valence-corrected chi connectivity index (χ0v) is 17.4. The Labute approximate surface area is 180 Å². The van der Waals surface area contributed by atoms with Crippen LogP contribution in [0.5, 0.6) is 5.75 Å². The maximum absolute atomic E-state index is 13.4. The molecule has 0 radical (unpaired) electrons. The van der Waals surface area contributed by atoms with Crippen molar-refractivity contribution in [2.24, 2.45) is 5.92 Å². The second-order valence-corrected chi connectivity index (χ2v) is 8.02. The van der Waals surface area contributed by atoms with Crippen LogP contribution in [0.1, 0.15) is 18.4 Å². The Morgan fingerprint density at radius 3 is 2.26 bits per heavy atom. The van der Waals surface area contributed by atoms with Gasteiger partial charge in [0.25, 0.3) is 0 Å². The Morgan fingerprint density at radius 2 is 1.68 bits per heavy atom. The largest absolute Gasteiger partial charge is 0.497 e. The Bertz CT molecular complexity index is 905. The van der Waals surface area contributed by atoms with Crippen LogP contribution in [0.15, 0.2) is 48.5 Å². The van der Waals surface area contributed by atoms with Crippen LogP contribution in [0.3, 0.4) is 0 Å². The lowest BCUT2D eigenvalue weighted by molar-refractivity contribution is -0.137. The van der Waals surface area contributed by atoms with Crippen LogP contribution in [-0.4, -0.2) is 50.8 Å². The Kier molecular flexibility index (Phi) is 5.98. The summed E-state index contributed by atoms with van der Waals surface area (Å²) in [5.74, 6) is 1.23. The first-order valence-electron chi connectivity index (χ1n) is 10.5. The highest BCUT2D eigenvalue weighted by atomic mass is 19.4. The fourth-order valence-corrected chi connectivity index (χ4v) is 3.91. The number of carbonyl (C=O) groups excluding carboxylic acids is 1. The highest BCUT2D eigenvalue weighted by Crippen LogP contribution is 2.37. The van der Waals surface area contributed by atoms with Crippen LogP contribution in [-0.2, 0) is 6.18 Å². The molecule has 1 saturated carbocycles. The van der Waals surface area contributed by atoms with E-state index in [1.807, 2.05) is 24.3 Å². The van der Waals surface area contributed by atoms with E-state index in [0.29, 0.717) is 38.6 Å². The Hall–Kier alpha value is -2.90. The van der Waals surface area contributed by atoms with E-state index in [1.54, 1.807) is 27.9 Å². The summed E-state index contributed by atoms with van der Waals surface area (Å²) in [5, 5.41) is 0. The normalized spacial score (nSPS) is 16.9. The van der Waals surface area contributed by atoms with Crippen molar-refractivity contribution >= 4 is 17.4 Å². The molecule has 1 aliphatic carbocycles. The molecule has 0 spiro atoms. The fourth-order valence-electron chi connectivity index (χ4n) is 3.91.